The van der Waals surface area contributed by atoms with Crippen LogP contribution in [0.2, 0.25) is 5.02 Å². The fraction of sp³-hybridized carbons (Fsp3) is 0.154. The van der Waals surface area contributed by atoms with Gasteiger partial charge in [0.2, 0.25) is 0 Å². The van der Waals surface area contributed by atoms with Gasteiger partial charge in [-0.25, -0.2) is 0 Å². The molecule has 0 amide bonds. The van der Waals surface area contributed by atoms with Crippen LogP contribution in [0.25, 0.3) is 0 Å². The van der Waals surface area contributed by atoms with E-state index in [1.165, 1.54) is 12.1 Å². The minimum absolute atomic E-state index is 0.0115. The quantitative estimate of drug-likeness (QED) is 0.906. The van der Waals surface area contributed by atoms with E-state index in [9.17, 15) is 13.2 Å². The van der Waals surface area contributed by atoms with Crippen LogP contribution in [-0.4, -0.2) is 4.98 Å². The standard InChI is InChI=1S/C13H10ClF3N2/c14-9-4-5-12(11(7-9)13(15,16)17)19-8-10-3-1-2-6-18-10/h1-7,19H,8H2. The number of halogens is 4. The number of rotatable bonds is 3. The highest BCUT2D eigenvalue weighted by Crippen LogP contribution is 2.36. The summed E-state index contributed by atoms with van der Waals surface area (Å²) >= 11 is 5.60. The number of anilines is 1. The van der Waals surface area contributed by atoms with Gasteiger partial charge < -0.3 is 5.32 Å². The summed E-state index contributed by atoms with van der Waals surface area (Å²) in [5.41, 5.74) is -0.135. The van der Waals surface area contributed by atoms with Crippen molar-refractivity contribution >= 4 is 17.3 Å². The molecule has 1 heterocycles. The zero-order chi connectivity index (χ0) is 13.9. The smallest absolute Gasteiger partial charge is 0.379 e. The molecule has 0 unspecified atom stereocenters. The predicted octanol–water partition coefficient (Wildman–Crippen LogP) is 4.37. The molecule has 0 radical (unpaired) electrons. The lowest BCUT2D eigenvalue weighted by Gasteiger charge is -2.14. The number of pyridine rings is 1. The average molecular weight is 287 g/mol. The number of alkyl halides is 3. The molecule has 0 aliphatic rings. The van der Waals surface area contributed by atoms with Crippen molar-refractivity contribution in [3.05, 3.63) is 58.9 Å². The van der Waals surface area contributed by atoms with Gasteiger partial charge >= 0.3 is 6.18 Å². The molecule has 0 fully saturated rings. The SMILES string of the molecule is FC(F)(F)c1cc(Cl)ccc1NCc1ccccn1. The third-order valence-corrected chi connectivity index (χ3v) is 2.71. The van der Waals surface area contributed by atoms with Crippen molar-refractivity contribution in [1.29, 1.82) is 0 Å². The molecule has 0 spiro atoms. The van der Waals surface area contributed by atoms with E-state index >= 15 is 0 Å². The molecule has 0 atom stereocenters. The van der Waals surface area contributed by atoms with Gasteiger partial charge in [0.05, 0.1) is 17.8 Å². The maximum Gasteiger partial charge on any atom is 0.418 e. The summed E-state index contributed by atoms with van der Waals surface area (Å²) in [6.07, 6.45) is -2.86. The zero-order valence-electron chi connectivity index (χ0n) is 9.71. The van der Waals surface area contributed by atoms with Crippen LogP contribution < -0.4 is 5.32 Å². The van der Waals surface area contributed by atoms with Crippen molar-refractivity contribution in [2.24, 2.45) is 0 Å². The van der Waals surface area contributed by atoms with Crippen LogP contribution in [0.15, 0.2) is 42.6 Å². The van der Waals surface area contributed by atoms with Crippen molar-refractivity contribution in [2.75, 3.05) is 5.32 Å². The molecule has 1 aromatic heterocycles. The Morgan fingerprint density at radius 1 is 1.16 bits per heavy atom. The molecular weight excluding hydrogens is 277 g/mol. The van der Waals surface area contributed by atoms with Crippen LogP contribution >= 0.6 is 11.6 Å². The first-order chi connectivity index (χ1) is 8.97. The third-order valence-electron chi connectivity index (χ3n) is 2.47. The number of benzene rings is 1. The Balaban J connectivity index is 2.21. The van der Waals surface area contributed by atoms with Gasteiger partial charge in [-0.1, -0.05) is 17.7 Å². The highest BCUT2D eigenvalue weighted by atomic mass is 35.5. The van der Waals surface area contributed by atoms with Gasteiger partial charge in [0.1, 0.15) is 0 Å². The normalized spacial score (nSPS) is 11.4. The van der Waals surface area contributed by atoms with E-state index in [1.807, 2.05) is 0 Å². The molecule has 0 bridgehead atoms. The lowest BCUT2D eigenvalue weighted by Crippen LogP contribution is -2.11. The Morgan fingerprint density at radius 2 is 1.95 bits per heavy atom. The van der Waals surface area contributed by atoms with E-state index < -0.39 is 11.7 Å². The number of hydrogen-bond acceptors (Lipinski definition) is 2. The molecule has 19 heavy (non-hydrogen) atoms. The largest absolute Gasteiger partial charge is 0.418 e. The van der Waals surface area contributed by atoms with Crippen LogP contribution in [0.1, 0.15) is 11.3 Å². The fourth-order valence-electron chi connectivity index (χ4n) is 1.59. The van der Waals surface area contributed by atoms with Crippen molar-refractivity contribution < 1.29 is 13.2 Å². The number of nitrogens with zero attached hydrogens (tertiary/aromatic N) is 1. The average Bonchev–Trinajstić information content (AvgIpc) is 2.37. The minimum Gasteiger partial charge on any atom is -0.379 e. The van der Waals surface area contributed by atoms with Crippen LogP contribution in [0, 0.1) is 0 Å². The summed E-state index contributed by atoms with van der Waals surface area (Å²) in [6, 6.07) is 8.88. The van der Waals surface area contributed by atoms with Crippen molar-refractivity contribution in [3.63, 3.8) is 0 Å². The van der Waals surface area contributed by atoms with E-state index in [-0.39, 0.29) is 17.3 Å². The summed E-state index contributed by atoms with van der Waals surface area (Å²) in [7, 11) is 0. The first kappa shape index (κ1) is 13.7. The maximum absolute atomic E-state index is 12.8. The molecular formula is C13H10ClF3N2. The van der Waals surface area contributed by atoms with Gasteiger partial charge in [-0.3, -0.25) is 4.98 Å². The topological polar surface area (TPSA) is 24.9 Å². The van der Waals surface area contributed by atoms with E-state index in [2.05, 4.69) is 10.3 Å². The lowest BCUT2D eigenvalue weighted by molar-refractivity contribution is -0.136. The Labute approximate surface area is 113 Å². The van der Waals surface area contributed by atoms with E-state index in [1.54, 1.807) is 24.4 Å². The molecule has 0 aliphatic heterocycles. The second kappa shape index (κ2) is 5.48. The Hall–Kier alpha value is -1.75. The monoisotopic (exact) mass is 286 g/mol. The van der Waals surface area contributed by atoms with Gasteiger partial charge in [0.25, 0.3) is 0 Å². The second-order valence-corrected chi connectivity index (χ2v) is 4.30. The Bertz CT molecular complexity index is 556. The van der Waals surface area contributed by atoms with Crippen LogP contribution in [0.5, 0.6) is 0 Å². The first-order valence-corrected chi connectivity index (χ1v) is 5.85. The first-order valence-electron chi connectivity index (χ1n) is 5.47. The summed E-state index contributed by atoms with van der Waals surface area (Å²) in [4.78, 5) is 4.03. The lowest BCUT2D eigenvalue weighted by atomic mass is 10.1. The highest BCUT2D eigenvalue weighted by molar-refractivity contribution is 6.30. The van der Waals surface area contributed by atoms with E-state index in [0.717, 1.165) is 6.07 Å². The molecule has 100 valence electrons. The number of hydrogen-bond donors (Lipinski definition) is 1. The van der Waals surface area contributed by atoms with Crippen molar-refractivity contribution in [2.45, 2.75) is 12.7 Å². The van der Waals surface area contributed by atoms with Gasteiger partial charge in [-0.15, -0.1) is 0 Å². The van der Waals surface area contributed by atoms with Gasteiger partial charge in [0, 0.05) is 16.9 Å². The summed E-state index contributed by atoms with van der Waals surface area (Å²) in [5.74, 6) is 0. The molecule has 1 N–H and O–H groups in total. The van der Waals surface area contributed by atoms with Gasteiger partial charge in [-0.05, 0) is 30.3 Å². The Kier molecular flexibility index (Phi) is 3.95. The van der Waals surface area contributed by atoms with Gasteiger partial charge in [0.15, 0.2) is 0 Å². The minimum atomic E-state index is -4.45. The van der Waals surface area contributed by atoms with E-state index in [0.29, 0.717) is 5.69 Å². The van der Waals surface area contributed by atoms with Crippen LogP contribution in [0.4, 0.5) is 18.9 Å². The van der Waals surface area contributed by atoms with Crippen LogP contribution in [-0.2, 0) is 12.7 Å². The maximum atomic E-state index is 12.8. The summed E-state index contributed by atoms with van der Waals surface area (Å²) in [5, 5.41) is 2.77. The molecule has 0 saturated heterocycles. The zero-order valence-corrected chi connectivity index (χ0v) is 10.5. The Morgan fingerprint density at radius 3 is 2.58 bits per heavy atom. The van der Waals surface area contributed by atoms with Crippen LogP contribution in [0.3, 0.4) is 0 Å². The number of aromatic nitrogens is 1. The molecule has 2 aromatic rings. The summed E-state index contributed by atoms with van der Waals surface area (Å²) in [6.45, 7) is 0.214. The fourth-order valence-corrected chi connectivity index (χ4v) is 1.77. The summed E-state index contributed by atoms with van der Waals surface area (Å²) < 4.78 is 38.5. The van der Waals surface area contributed by atoms with Crippen molar-refractivity contribution in [1.82, 2.24) is 4.98 Å². The third kappa shape index (κ3) is 3.61. The molecule has 2 nitrogen and oxygen atoms in total. The van der Waals surface area contributed by atoms with Gasteiger partial charge in [-0.2, -0.15) is 13.2 Å². The number of nitrogens with one attached hydrogen (secondary N) is 1. The molecule has 2 rings (SSSR count). The second-order valence-electron chi connectivity index (χ2n) is 3.86. The van der Waals surface area contributed by atoms with E-state index in [4.69, 9.17) is 11.6 Å². The molecule has 1 aromatic carbocycles. The predicted molar refractivity (Wildman–Crippen MR) is 68.0 cm³/mol. The molecule has 0 aliphatic carbocycles. The molecule has 6 heteroatoms. The molecule has 0 saturated carbocycles. The highest BCUT2D eigenvalue weighted by Gasteiger charge is 2.33. The van der Waals surface area contributed by atoms with Crippen molar-refractivity contribution in [3.8, 4) is 0 Å².